The van der Waals surface area contributed by atoms with Crippen molar-refractivity contribution >= 4 is 11.6 Å². The van der Waals surface area contributed by atoms with Gasteiger partial charge in [0.05, 0.1) is 12.7 Å². The highest BCUT2D eigenvalue weighted by atomic mass is 35.5. The van der Waals surface area contributed by atoms with E-state index in [0.29, 0.717) is 24.1 Å². The van der Waals surface area contributed by atoms with Gasteiger partial charge in [-0.3, -0.25) is 0 Å². The molecule has 2 rings (SSSR count). The van der Waals surface area contributed by atoms with E-state index in [0.717, 1.165) is 16.9 Å². The van der Waals surface area contributed by atoms with E-state index in [1.54, 1.807) is 13.3 Å². The summed E-state index contributed by atoms with van der Waals surface area (Å²) in [6.07, 6.45) is 1.69. The highest BCUT2D eigenvalue weighted by molar-refractivity contribution is 6.30. The second-order valence-electron chi connectivity index (χ2n) is 4.24. The van der Waals surface area contributed by atoms with E-state index in [4.69, 9.17) is 21.1 Å². The van der Waals surface area contributed by atoms with E-state index in [9.17, 15) is 0 Å². The molecule has 0 fully saturated rings. The number of rotatable bonds is 6. The van der Waals surface area contributed by atoms with Crippen molar-refractivity contribution in [2.24, 2.45) is 0 Å². The summed E-state index contributed by atoms with van der Waals surface area (Å²) in [5.74, 6) is 1.38. The lowest BCUT2D eigenvalue weighted by Gasteiger charge is -2.13. The second-order valence-corrected chi connectivity index (χ2v) is 4.68. The minimum atomic E-state index is 0.398. The molecule has 1 aromatic heterocycles. The van der Waals surface area contributed by atoms with Crippen molar-refractivity contribution in [3.8, 4) is 11.6 Å². The molecule has 0 unspecified atom stereocenters. The lowest BCUT2D eigenvalue weighted by molar-refractivity contribution is 0.290. The van der Waals surface area contributed by atoms with E-state index in [1.165, 1.54) is 0 Å². The van der Waals surface area contributed by atoms with Crippen LogP contribution in [0.3, 0.4) is 0 Å². The monoisotopic (exact) mass is 292 g/mol. The summed E-state index contributed by atoms with van der Waals surface area (Å²) in [6, 6.07) is 9.37. The first-order chi connectivity index (χ1) is 9.74. The highest BCUT2D eigenvalue weighted by Crippen LogP contribution is 2.25. The van der Waals surface area contributed by atoms with Gasteiger partial charge in [-0.2, -0.15) is 0 Å². The Morgan fingerprint density at radius 1 is 1.25 bits per heavy atom. The maximum atomic E-state index is 6.00. The van der Waals surface area contributed by atoms with E-state index >= 15 is 0 Å². The van der Waals surface area contributed by atoms with Crippen LogP contribution < -0.4 is 14.8 Å². The van der Waals surface area contributed by atoms with Crippen molar-refractivity contribution < 1.29 is 9.47 Å². The fourth-order valence-electron chi connectivity index (χ4n) is 1.89. The van der Waals surface area contributed by atoms with Crippen LogP contribution in [0.5, 0.6) is 11.6 Å². The highest BCUT2D eigenvalue weighted by Gasteiger charge is 2.07. The van der Waals surface area contributed by atoms with Gasteiger partial charge in [0.2, 0.25) is 5.88 Å². The van der Waals surface area contributed by atoms with Gasteiger partial charge >= 0.3 is 0 Å². The number of nitrogens with one attached hydrogen (secondary N) is 1. The van der Waals surface area contributed by atoms with Crippen molar-refractivity contribution in [2.75, 3.05) is 14.2 Å². The molecular formula is C15H17ClN2O2. The smallest absolute Gasteiger partial charge is 0.219 e. The standard InChI is InChI=1S/C15H17ClN2O2/c1-17-9-12-8-13(16)5-6-14(12)20-10-11-4-3-7-18-15(11)19-2/h3-8,17H,9-10H2,1-2H3. The summed E-state index contributed by atoms with van der Waals surface area (Å²) < 4.78 is 11.1. The van der Waals surface area contributed by atoms with Crippen LogP contribution in [0.2, 0.25) is 5.02 Å². The first kappa shape index (κ1) is 14.6. The van der Waals surface area contributed by atoms with Crippen LogP contribution in [-0.2, 0) is 13.2 Å². The fourth-order valence-corrected chi connectivity index (χ4v) is 2.09. The van der Waals surface area contributed by atoms with E-state index in [2.05, 4.69) is 10.3 Å². The van der Waals surface area contributed by atoms with Gasteiger partial charge in [0, 0.05) is 23.3 Å². The van der Waals surface area contributed by atoms with E-state index in [-0.39, 0.29) is 0 Å². The molecule has 0 aliphatic carbocycles. The normalized spacial score (nSPS) is 10.3. The summed E-state index contributed by atoms with van der Waals surface area (Å²) >= 11 is 6.00. The molecule has 0 radical (unpaired) electrons. The Kier molecular flexibility index (Phi) is 5.21. The zero-order chi connectivity index (χ0) is 14.4. The number of hydrogen-bond acceptors (Lipinski definition) is 4. The molecular weight excluding hydrogens is 276 g/mol. The summed E-state index contributed by atoms with van der Waals surface area (Å²) in [4.78, 5) is 4.15. The number of methoxy groups -OCH3 is 1. The molecule has 106 valence electrons. The Hall–Kier alpha value is -1.78. The Morgan fingerprint density at radius 3 is 2.85 bits per heavy atom. The second kappa shape index (κ2) is 7.12. The van der Waals surface area contributed by atoms with Crippen LogP contribution in [0.1, 0.15) is 11.1 Å². The number of hydrogen-bond donors (Lipinski definition) is 1. The molecule has 5 heteroatoms. The van der Waals surface area contributed by atoms with Gasteiger partial charge < -0.3 is 14.8 Å². The molecule has 0 saturated carbocycles. The zero-order valence-corrected chi connectivity index (χ0v) is 12.3. The molecule has 1 aromatic carbocycles. The maximum Gasteiger partial charge on any atom is 0.219 e. The van der Waals surface area contributed by atoms with Gasteiger partial charge in [0.25, 0.3) is 0 Å². The Morgan fingerprint density at radius 2 is 2.10 bits per heavy atom. The van der Waals surface area contributed by atoms with Crippen molar-refractivity contribution in [3.05, 3.63) is 52.7 Å². The third-order valence-electron chi connectivity index (χ3n) is 2.82. The number of aromatic nitrogens is 1. The lowest BCUT2D eigenvalue weighted by Crippen LogP contribution is -2.08. The Balaban J connectivity index is 2.14. The number of nitrogens with zero attached hydrogens (tertiary/aromatic N) is 1. The number of halogens is 1. The molecule has 0 bridgehead atoms. The van der Waals surface area contributed by atoms with E-state index in [1.807, 2.05) is 37.4 Å². The van der Waals surface area contributed by atoms with Crippen molar-refractivity contribution in [2.45, 2.75) is 13.2 Å². The van der Waals surface area contributed by atoms with E-state index < -0.39 is 0 Å². The number of benzene rings is 1. The molecule has 20 heavy (non-hydrogen) atoms. The minimum Gasteiger partial charge on any atom is -0.488 e. The van der Waals surface area contributed by atoms with Crippen LogP contribution in [-0.4, -0.2) is 19.1 Å². The van der Waals surface area contributed by atoms with Crippen molar-refractivity contribution in [3.63, 3.8) is 0 Å². The van der Waals surface area contributed by atoms with Gasteiger partial charge in [-0.15, -0.1) is 0 Å². The summed E-state index contributed by atoms with van der Waals surface area (Å²) in [6.45, 7) is 1.09. The first-order valence-corrected chi connectivity index (χ1v) is 6.66. The quantitative estimate of drug-likeness (QED) is 0.889. The summed E-state index contributed by atoms with van der Waals surface area (Å²) in [5, 5.41) is 3.79. The number of ether oxygens (including phenoxy) is 2. The molecule has 0 saturated heterocycles. The molecule has 0 aliphatic rings. The summed E-state index contributed by atoms with van der Waals surface area (Å²) in [7, 11) is 3.48. The van der Waals surface area contributed by atoms with Crippen molar-refractivity contribution in [1.29, 1.82) is 0 Å². The summed E-state index contributed by atoms with van der Waals surface area (Å²) in [5.41, 5.74) is 1.92. The molecule has 0 spiro atoms. The van der Waals surface area contributed by atoms with Crippen LogP contribution in [0.4, 0.5) is 0 Å². The van der Waals surface area contributed by atoms with Gasteiger partial charge in [0.15, 0.2) is 0 Å². The van der Waals surface area contributed by atoms with Gasteiger partial charge in [-0.25, -0.2) is 4.98 Å². The molecule has 2 aromatic rings. The minimum absolute atomic E-state index is 0.398. The molecule has 1 N–H and O–H groups in total. The fraction of sp³-hybridized carbons (Fsp3) is 0.267. The van der Waals surface area contributed by atoms with Gasteiger partial charge in [-0.1, -0.05) is 11.6 Å². The Bertz CT molecular complexity index is 576. The maximum absolute atomic E-state index is 6.00. The van der Waals surface area contributed by atoms with Crippen LogP contribution >= 0.6 is 11.6 Å². The zero-order valence-electron chi connectivity index (χ0n) is 11.5. The molecule has 0 amide bonds. The third kappa shape index (κ3) is 3.62. The Labute approximate surface area is 123 Å². The van der Waals surface area contributed by atoms with Gasteiger partial charge in [-0.05, 0) is 37.4 Å². The molecule has 0 atom stereocenters. The lowest BCUT2D eigenvalue weighted by atomic mass is 10.2. The van der Waals surface area contributed by atoms with Crippen LogP contribution in [0, 0.1) is 0 Å². The predicted octanol–water partition coefficient (Wildman–Crippen LogP) is 3.04. The third-order valence-corrected chi connectivity index (χ3v) is 3.05. The molecule has 4 nitrogen and oxygen atoms in total. The largest absolute Gasteiger partial charge is 0.488 e. The molecule has 1 heterocycles. The van der Waals surface area contributed by atoms with Crippen LogP contribution in [0.15, 0.2) is 36.5 Å². The topological polar surface area (TPSA) is 43.4 Å². The average molecular weight is 293 g/mol. The first-order valence-electron chi connectivity index (χ1n) is 6.28. The number of pyridine rings is 1. The van der Waals surface area contributed by atoms with Gasteiger partial charge in [0.1, 0.15) is 12.4 Å². The predicted molar refractivity (Wildman–Crippen MR) is 79.3 cm³/mol. The SMILES string of the molecule is CNCc1cc(Cl)ccc1OCc1cccnc1OC. The molecule has 0 aliphatic heterocycles. The van der Waals surface area contributed by atoms with Crippen molar-refractivity contribution in [1.82, 2.24) is 10.3 Å². The average Bonchev–Trinajstić information content (AvgIpc) is 2.47. The van der Waals surface area contributed by atoms with Crippen LogP contribution in [0.25, 0.3) is 0 Å².